The van der Waals surface area contributed by atoms with Gasteiger partial charge >= 0.3 is 12.1 Å². The van der Waals surface area contributed by atoms with Crippen molar-refractivity contribution < 1.29 is 28.5 Å². The van der Waals surface area contributed by atoms with E-state index in [0.29, 0.717) is 5.75 Å². The molecule has 0 aliphatic carbocycles. The summed E-state index contributed by atoms with van der Waals surface area (Å²) < 4.78 is 20.0. The van der Waals surface area contributed by atoms with E-state index in [2.05, 4.69) is 0 Å². The molecule has 2 aromatic rings. The molecule has 0 unspecified atom stereocenters. The maximum atomic E-state index is 12.1. The first-order valence-electron chi connectivity index (χ1n) is 6.94. The number of benzene rings is 2. The Morgan fingerprint density at radius 1 is 0.957 bits per heavy atom. The molecule has 0 fully saturated rings. The van der Waals surface area contributed by atoms with Crippen LogP contribution in [0.2, 0.25) is 0 Å². The molecule has 0 saturated heterocycles. The van der Waals surface area contributed by atoms with Crippen molar-refractivity contribution in [1.82, 2.24) is 0 Å². The average molecular weight is 316 g/mol. The van der Waals surface area contributed by atoms with E-state index in [1.165, 1.54) is 25.3 Å². The summed E-state index contributed by atoms with van der Waals surface area (Å²) in [6.07, 6.45) is -0.842. The first-order chi connectivity index (χ1) is 11.1. The van der Waals surface area contributed by atoms with Gasteiger partial charge in [0.1, 0.15) is 5.75 Å². The average Bonchev–Trinajstić information content (AvgIpc) is 2.56. The van der Waals surface area contributed by atoms with E-state index < -0.39 is 12.1 Å². The fraction of sp³-hybridized carbons (Fsp3) is 0.176. The molecule has 0 spiro atoms. The Morgan fingerprint density at radius 3 is 2.35 bits per heavy atom. The molecule has 2 rings (SSSR count). The van der Waals surface area contributed by atoms with Gasteiger partial charge in [0.15, 0.2) is 11.5 Å². The van der Waals surface area contributed by atoms with Gasteiger partial charge in [-0.15, -0.1) is 0 Å². The number of hydrogen-bond acceptors (Lipinski definition) is 6. The van der Waals surface area contributed by atoms with Crippen LogP contribution in [-0.4, -0.2) is 25.8 Å². The number of carbonyl (C=O) groups excluding carboxylic acids is 2. The van der Waals surface area contributed by atoms with E-state index in [1.54, 1.807) is 31.2 Å². The molecule has 6 nitrogen and oxygen atoms in total. The van der Waals surface area contributed by atoms with Gasteiger partial charge in [-0.2, -0.15) is 0 Å². The number of esters is 1. The van der Waals surface area contributed by atoms with Gasteiger partial charge in [0.25, 0.3) is 0 Å². The molecule has 0 radical (unpaired) electrons. The predicted octanol–water partition coefficient (Wildman–Crippen LogP) is 3.45. The van der Waals surface area contributed by atoms with E-state index in [9.17, 15) is 9.59 Å². The van der Waals surface area contributed by atoms with Gasteiger partial charge in [-0.3, -0.25) is 0 Å². The number of rotatable bonds is 5. The Kier molecular flexibility index (Phi) is 5.57. The van der Waals surface area contributed by atoms with Crippen LogP contribution in [0.5, 0.6) is 17.2 Å². The van der Waals surface area contributed by atoms with Crippen molar-refractivity contribution in [2.45, 2.75) is 6.92 Å². The third-order valence-corrected chi connectivity index (χ3v) is 2.81. The fourth-order valence-corrected chi connectivity index (χ4v) is 1.77. The summed E-state index contributed by atoms with van der Waals surface area (Å²) in [6.45, 7) is 1.86. The van der Waals surface area contributed by atoms with Crippen LogP contribution in [-0.2, 0) is 4.74 Å². The molecule has 23 heavy (non-hydrogen) atoms. The second-order valence-corrected chi connectivity index (χ2v) is 4.35. The minimum Gasteiger partial charge on any atom is -0.493 e. The third kappa shape index (κ3) is 4.47. The number of methoxy groups -OCH3 is 1. The molecule has 0 aliphatic heterocycles. The summed E-state index contributed by atoms with van der Waals surface area (Å²) in [5.41, 5.74) is 0.266. The molecule has 0 aromatic heterocycles. The maximum absolute atomic E-state index is 12.1. The highest BCUT2D eigenvalue weighted by Crippen LogP contribution is 2.29. The molecule has 0 N–H and O–H groups in total. The lowest BCUT2D eigenvalue weighted by atomic mass is 10.2. The number of carbonyl (C=O) groups is 2. The van der Waals surface area contributed by atoms with E-state index >= 15 is 0 Å². The van der Waals surface area contributed by atoms with Crippen molar-refractivity contribution in [2.24, 2.45) is 0 Å². The number of para-hydroxylation sites is 1. The van der Waals surface area contributed by atoms with Gasteiger partial charge in [0, 0.05) is 0 Å². The standard InChI is InChI=1S/C17H16O6/c1-3-21-17(19)23-14-10-9-12(11-15(14)20-2)16(18)22-13-7-5-4-6-8-13/h4-11H,3H2,1-2H3. The zero-order valence-corrected chi connectivity index (χ0v) is 12.8. The Bertz CT molecular complexity index is 681. The molecular weight excluding hydrogens is 300 g/mol. The summed E-state index contributed by atoms with van der Waals surface area (Å²) in [5.74, 6) is 0.267. The van der Waals surface area contributed by atoms with Crippen LogP contribution in [0.15, 0.2) is 48.5 Å². The molecule has 0 saturated carbocycles. The van der Waals surface area contributed by atoms with Crippen LogP contribution in [0.1, 0.15) is 17.3 Å². The van der Waals surface area contributed by atoms with Gasteiger partial charge in [-0.1, -0.05) is 18.2 Å². The monoisotopic (exact) mass is 316 g/mol. The second kappa shape index (κ2) is 7.84. The molecule has 0 atom stereocenters. The summed E-state index contributed by atoms with van der Waals surface area (Å²) >= 11 is 0. The topological polar surface area (TPSA) is 71.1 Å². The highest BCUT2D eigenvalue weighted by atomic mass is 16.7. The van der Waals surface area contributed by atoms with Crippen molar-refractivity contribution in [3.05, 3.63) is 54.1 Å². The maximum Gasteiger partial charge on any atom is 0.513 e. The van der Waals surface area contributed by atoms with Gasteiger partial charge in [0.05, 0.1) is 19.3 Å². The Balaban J connectivity index is 2.14. The third-order valence-electron chi connectivity index (χ3n) is 2.81. The van der Waals surface area contributed by atoms with Crippen molar-refractivity contribution in [1.29, 1.82) is 0 Å². The predicted molar refractivity (Wildman–Crippen MR) is 82.0 cm³/mol. The van der Waals surface area contributed by atoms with Crippen LogP contribution in [0.25, 0.3) is 0 Å². The molecule has 0 bridgehead atoms. The van der Waals surface area contributed by atoms with Crippen LogP contribution < -0.4 is 14.2 Å². The first kappa shape index (κ1) is 16.4. The molecule has 0 aliphatic rings. The van der Waals surface area contributed by atoms with Gasteiger partial charge < -0.3 is 18.9 Å². The Morgan fingerprint density at radius 2 is 1.70 bits per heavy atom. The van der Waals surface area contributed by atoms with Crippen LogP contribution in [0.4, 0.5) is 4.79 Å². The van der Waals surface area contributed by atoms with E-state index in [0.717, 1.165) is 0 Å². The summed E-state index contributed by atoms with van der Waals surface area (Å²) in [5, 5.41) is 0. The van der Waals surface area contributed by atoms with E-state index in [1.807, 2.05) is 6.07 Å². The van der Waals surface area contributed by atoms with Crippen molar-refractivity contribution in [3.8, 4) is 17.2 Å². The summed E-state index contributed by atoms with van der Waals surface area (Å²) in [4.78, 5) is 23.5. The highest BCUT2D eigenvalue weighted by Gasteiger charge is 2.15. The molecule has 120 valence electrons. The normalized spacial score (nSPS) is 9.83. The zero-order chi connectivity index (χ0) is 16.7. The van der Waals surface area contributed by atoms with Gasteiger partial charge in [0.2, 0.25) is 0 Å². The molecule has 0 heterocycles. The second-order valence-electron chi connectivity index (χ2n) is 4.35. The van der Waals surface area contributed by atoms with Crippen molar-refractivity contribution >= 4 is 12.1 Å². The SMILES string of the molecule is CCOC(=O)Oc1ccc(C(=O)Oc2ccccc2)cc1OC. The highest BCUT2D eigenvalue weighted by molar-refractivity contribution is 5.92. The lowest BCUT2D eigenvalue weighted by Gasteiger charge is -2.10. The van der Waals surface area contributed by atoms with Gasteiger partial charge in [-0.25, -0.2) is 9.59 Å². The van der Waals surface area contributed by atoms with E-state index in [-0.39, 0.29) is 23.7 Å². The van der Waals surface area contributed by atoms with Crippen LogP contribution in [0, 0.1) is 0 Å². The smallest absolute Gasteiger partial charge is 0.493 e. The lowest BCUT2D eigenvalue weighted by molar-refractivity contribution is 0.0734. The van der Waals surface area contributed by atoms with Crippen LogP contribution in [0.3, 0.4) is 0 Å². The Labute approximate surface area is 133 Å². The minimum absolute atomic E-state index is 0.155. The largest absolute Gasteiger partial charge is 0.513 e. The zero-order valence-electron chi connectivity index (χ0n) is 12.8. The molecule has 6 heteroatoms. The summed E-state index contributed by atoms with van der Waals surface area (Å²) in [7, 11) is 1.40. The molecule has 2 aromatic carbocycles. The van der Waals surface area contributed by atoms with Gasteiger partial charge in [-0.05, 0) is 37.3 Å². The summed E-state index contributed by atoms with van der Waals surface area (Å²) in [6, 6.07) is 13.0. The number of ether oxygens (including phenoxy) is 4. The number of hydrogen-bond donors (Lipinski definition) is 0. The van der Waals surface area contributed by atoms with Crippen molar-refractivity contribution in [2.75, 3.05) is 13.7 Å². The van der Waals surface area contributed by atoms with Crippen LogP contribution >= 0.6 is 0 Å². The molecule has 0 amide bonds. The molecular formula is C17H16O6. The lowest BCUT2D eigenvalue weighted by Crippen LogP contribution is -2.12. The Hall–Kier alpha value is -3.02. The van der Waals surface area contributed by atoms with Crippen molar-refractivity contribution in [3.63, 3.8) is 0 Å². The minimum atomic E-state index is -0.842. The van der Waals surface area contributed by atoms with E-state index in [4.69, 9.17) is 18.9 Å². The first-order valence-corrected chi connectivity index (χ1v) is 6.94. The quantitative estimate of drug-likeness (QED) is 0.478. The fourth-order valence-electron chi connectivity index (χ4n) is 1.77.